The van der Waals surface area contributed by atoms with Crippen LogP contribution in [-0.4, -0.2) is 38.3 Å². The molecule has 0 aromatic rings. The summed E-state index contributed by atoms with van der Waals surface area (Å²) in [6.45, 7) is 3.45. The molecule has 0 spiro atoms. The minimum atomic E-state index is -0.112. The fourth-order valence-corrected chi connectivity index (χ4v) is 1.51. The number of hydrogen-bond acceptors (Lipinski definition) is 3. The molecule has 0 bridgehead atoms. The summed E-state index contributed by atoms with van der Waals surface area (Å²) in [7, 11) is 1.78. The van der Waals surface area contributed by atoms with Crippen molar-refractivity contribution >= 4 is 5.91 Å². The Kier molecular flexibility index (Phi) is 4.90. The van der Waals surface area contributed by atoms with Gasteiger partial charge in [-0.2, -0.15) is 0 Å². The van der Waals surface area contributed by atoms with Gasteiger partial charge in [-0.15, -0.1) is 0 Å². The summed E-state index contributed by atoms with van der Waals surface area (Å²) in [6, 6.07) is -0.112. The van der Waals surface area contributed by atoms with Gasteiger partial charge >= 0.3 is 0 Å². The second-order valence-electron chi connectivity index (χ2n) is 3.73. The zero-order valence-electron chi connectivity index (χ0n) is 9.01. The maximum absolute atomic E-state index is 11.3. The van der Waals surface area contributed by atoms with Crippen LogP contribution >= 0.6 is 0 Å². The zero-order chi connectivity index (χ0) is 10.4. The van der Waals surface area contributed by atoms with Gasteiger partial charge in [0.05, 0.1) is 12.1 Å². The molecule has 14 heavy (non-hydrogen) atoms. The van der Waals surface area contributed by atoms with Crippen LogP contribution in [0.4, 0.5) is 0 Å². The number of carbonyl (C=O) groups excluding carboxylic acids is 1. The van der Waals surface area contributed by atoms with Gasteiger partial charge in [0.25, 0.3) is 0 Å². The average molecular weight is 200 g/mol. The van der Waals surface area contributed by atoms with Crippen molar-refractivity contribution in [3.05, 3.63) is 0 Å². The first-order valence-corrected chi connectivity index (χ1v) is 5.30. The van der Waals surface area contributed by atoms with Crippen LogP contribution in [0.25, 0.3) is 0 Å². The first-order valence-electron chi connectivity index (χ1n) is 5.30. The molecular weight excluding hydrogens is 180 g/mol. The Labute approximate surface area is 85.4 Å². The third-order valence-electron chi connectivity index (χ3n) is 2.62. The molecule has 0 saturated carbocycles. The highest BCUT2D eigenvalue weighted by Crippen LogP contribution is 2.14. The molecule has 4 nitrogen and oxygen atoms in total. The predicted octanol–water partition coefficient (Wildman–Crippen LogP) is 0.280. The van der Waals surface area contributed by atoms with E-state index in [2.05, 4.69) is 10.6 Å². The molecule has 1 fully saturated rings. The van der Waals surface area contributed by atoms with Gasteiger partial charge in [0, 0.05) is 13.2 Å². The normalized spacial score (nSPS) is 23.4. The van der Waals surface area contributed by atoms with Crippen LogP contribution < -0.4 is 10.6 Å². The molecule has 1 heterocycles. The molecule has 1 rings (SSSR count). The van der Waals surface area contributed by atoms with Crippen molar-refractivity contribution in [2.75, 3.05) is 20.2 Å². The molecule has 0 radical (unpaired) electrons. The van der Waals surface area contributed by atoms with E-state index in [-0.39, 0.29) is 11.9 Å². The van der Waals surface area contributed by atoms with E-state index in [1.54, 1.807) is 7.05 Å². The van der Waals surface area contributed by atoms with E-state index in [0.29, 0.717) is 6.10 Å². The number of amides is 1. The van der Waals surface area contributed by atoms with E-state index < -0.39 is 0 Å². The largest absolute Gasteiger partial charge is 0.378 e. The summed E-state index contributed by atoms with van der Waals surface area (Å²) in [5.41, 5.74) is 0. The smallest absolute Gasteiger partial charge is 0.236 e. The van der Waals surface area contributed by atoms with Gasteiger partial charge in [-0.3, -0.25) is 4.79 Å². The van der Waals surface area contributed by atoms with E-state index in [4.69, 9.17) is 4.74 Å². The minimum absolute atomic E-state index is 0.0606. The number of hydrogen-bond donors (Lipinski definition) is 2. The van der Waals surface area contributed by atoms with Crippen LogP contribution in [-0.2, 0) is 9.53 Å². The van der Waals surface area contributed by atoms with E-state index in [9.17, 15) is 4.79 Å². The van der Waals surface area contributed by atoms with Crippen molar-refractivity contribution in [3.63, 3.8) is 0 Å². The predicted molar refractivity (Wildman–Crippen MR) is 55.1 cm³/mol. The summed E-state index contributed by atoms with van der Waals surface area (Å²) in [5, 5.41) is 5.78. The molecular formula is C10H20N2O2. The van der Waals surface area contributed by atoms with Crippen LogP contribution in [0.1, 0.15) is 26.2 Å². The van der Waals surface area contributed by atoms with Gasteiger partial charge in [0.1, 0.15) is 0 Å². The van der Waals surface area contributed by atoms with Crippen molar-refractivity contribution in [1.29, 1.82) is 0 Å². The van der Waals surface area contributed by atoms with Gasteiger partial charge in [-0.1, -0.05) is 0 Å². The average Bonchev–Trinajstić information content (AvgIpc) is 2.69. The van der Waals surface area contributed by atoms with E-state index >= 15 is 0 Å². The Morgan fingerprint density at radius 3 is 3.00 bits per heavy atom. The lowest BCUT2D eigenvalue weighted by molar-refractivity contribution is -0.122. The van der Waals surface area contributed by atoms with Gasteiger partial charge < -0.3 is 15.4 Å². The molecule has 82 valence electrons. The molecule has 1 amide bonds. The minimum Gasteiger partial charge on any atom is -0.378 e. The summed E-state index contributed by atoms with van der Waals surface area (Å²) in [4.78, 5) is 11.3. The number of carbonyl (C=O) groups is 1. The number of nitrogens with one attached hydrogen (secondary N) is 2. The Bertz CT molecular complexity index is 179. The Hall–Kier alpha value is -0.610. The van der Waals surface area contributed by atoms with Crippen molar-refractivity contribution in [2.45, 2.75) is 38.3 Å². The lowest BCUT2D eigenvalue weighted by atomic mass is 10.2. The second kappa shape index (κ2) is 5.98. The Morgan fingerprint density at radius 2 is 2.43 bits per heavy atom. The quantitative estimate of drug-likeness (QED) is 0.670. The molecule has 2 N–H and O–H groups in total. The van der Waals surface area contributed by atoms with Crippen LogP contribution in [0.5, 0.6) is 0 Å². The molecule has 0 aromatic carbocycles. The van der Waals surface area contributed by atoms with Gasteiger partial charge in [-0.05, 0) is 33.2 Å². The lowest BCUT2D eigenvalue weighted by Crippen LogP contribution is -2.41. The fraction of sp³-hybridized carbons (Fsp3) is 0.900. The third kappa shape index (κ3) is 3.64. The van der Waals surface area contributed by atoms with Crippen LogP contribution in [0, 0.1) is 0 Å². The van der Waals surface area contributed by atoms with Crippen molar-refractivity contribution in [1.82, 2.24) is 10.6 Å². The van der Waals surface area contributed by atoms with E-state index in [1.807, 2.05) is 6.92 Å². The Balaban J connectivity index is 2.05. The van der Waals surface area contributed by atoms with E-state index in [1.165, 1.54) is 0 Å². The number of likely N-dealkylation sites (N-methyl/N-ethyl adjacent to an activating group) is 1. The summed E-state index contributed by atoms with van der Waals surface area (Å²) in [5.74, 6) is 0.0606. The van der Waals surface area contributed by atoms with Crippen molar-refractivity contribution < 1.29 is 9.53 Å². The summed E-state index contributed by atoms with van der Waals surface area (Å²) >= 11 is 0. The Morgan fingerprint density at radius 1 is 1.64 bits per heavy atom. The lowest BCUT2D eigenvalue weighted by Gasteiger charge is -2.13. The summed E-state index contributed by atoms with van der Waals surface area (Å²) < 4.78 is 5.45. The second-order valence-corrected chi connectivity index (χ2v) is 3.73. The first kappa shape index (κ1) is 11.5. The van der Waals surface area contributed by atoms with E-state index in [0.717, 1.165) is 32.4 Å². The monoisotopic (exact) mass is 200 g/mol. The zero-order valence-corrected chi connectivity index (χ0v) is 9.01. The maximum Gasteiger partial charge on any atom is 0.236 e. The maximum atomic E-state index is 11.3. The molecule has 4 heteroatoms. The SMILES string of the molecule is CNC(C)C(=O)NCCC1CCCO1. The molecule has 1 aliphatic rings. The standard InChI is InChI=1S/C10H20N2O2/c1-8(11-2)10(13)12-6-5-9-4-3-7-14-9/h8-9,11H,3-7H2,1-2H3,(H,12,13). The van der Waals surface area contributed by atoms with Crippen LogP contribution in [0.2, 0.25) is 0 Å². The fourth-order valence-electron chi connectivity index (χ4n) is 1.51. The molecule has 0 aromatic heterocycles. The van der Waals surface area contributed by atoms with Gasteiger partial charge in [-0.25, -0.2) is 0 Å². The van der Waals surface area contributed by atoms with Crippen molar-refractivity contribution in [2.24, 2.45) is 0 Å². The molecule has 0 aliphatic carbocycles. The summed E-state index contributed by atoms with van der Waals surface area (Å²) in [6.07, 6.45) is 3.59. The number of ether oxygens (including phenoxy) is 1. The van der Waals surface area contributed by atoms with Gasteiger partial charge in [0.15, 0.2) is 0 Å². The molecule has 2 atom stereocenters. The van der Waals surface area contributed by atoms with Crippen LogP contribution in [0.3, 0.4) is 0 Å². The highest BCUT2D eigenvalue weighted by molar-refractivity contribution is 5.81. The topological polar surface area (TPSA) is 50.4 Å². The highest BCUT2D eigenvalue weighted by atomic mass is 16.5. The number of rotatable bonds is 5. The molecule has 2 unspecified atom stereocenters. The molecule has 1 aliphatic heterocycles. The first-order chi connectivity index (χ1) is 6.74. The van der Waals surface area contributed by atoms with Crippen LogP contribution in [0.15, 0.2) is 0 Å². The highest BCUT2D eigenvalue weighted by Gasteiger charge is 2.16. The van der Waals surface area contributed by atoms with Gasteiger partial charge in [0.2, 0.25) is 5.91 Å². The van der Waals surface area contributed by atoms with Crippen molar-refractivity contribution in [3.8, 4) is 0 Å². The third-order valence-corrected chi connectivity index (χ3v) is 2.62. The molecule has 1 saturated heterocycles.